The van der Waals surface area contributed by atoms with Gasteiger partial charge in [0.2, 0.25) is 12.4 Å². The quantitative estimate of drug-likeness (QED) is 0.351. The molecule has 0 aliphatic rings. The molecule has 0 spiro atoms. The monoisotopic (exact) mass is 399 g/mol. The number of hydrogen-bond acceptors (Lipinski definition) is 4. The molecular weight excluding hydrogens is 376 g/mol. The van der Waals surface area contributed by atoms with E-state index in [1.54, 1.807) is 12.3 Å². The minimum Gasteiger partial charge on any atom is -0.396 e. The number of nitrogens with zero attached hydrogens (tertiary/aromatic N) is 2. The Kier molecular flexibility index (Phi) is 5.30. The molecule has 2 heterocycles. The van der Waals surface area contributed by atoms with Gasteiger partial charge in [-0.2, -0.15) is 0 Å². The Morgan fingerprint density at radius 2 is 1.83 bits per heavy atom. The fraction of sp³-hybridized carbons (Fsp3) is 0.125. The van der Waals surface area contributed by atoms with Crippen LogP contribution in [0.15, 0.2) is 79.1 Å². The number of para-hydroxylation sites is 1. The summed E-state index contributed by atoms with van der Waals surface area (Å²) in [6.45, 7) is 1.98. The van der Waals surface area contributed by atoms with Gasteiger partial charge in [-0.1, -0.05) is 55.5 Å². The summed E-state index contributed by atoms with van der Waals surface area (Å²) >= 11 is 0. The first-order valence-electron chi connectivity index (χ1n) is 9.83. The van der Waals surface area contributed by atoms with E-state index in [-0.39, 0.29) is 11.9 Å². The molecule has 0 bridgehead atoms. The largest absolute Gasteiger partial charge is 0.396 e. The standard InChI is InChI=1S/C24H22N4O2/c1-2-19(17-11-8-14-28(30)15-17)27-24(29)21-18-12-6-7-13-20(18)26-23(22(21)25)16-9-4-3-5-10-16/h3-15,19H,2H2,1H3,(H3-,25,27,29,30)/p+1. The van der Waals surface area contributed by atoms with Gasteiger partial charge in [-0.15, -0.1) is 0 Å². The van der Waals surface area contributed by atoms with Gasteiger partial charge in [0.15, 0.2) is 0 Å². The predicted molar refractivity (Wildman–Crippen MR) is 116 cm³/mol. The third-order valence-electron chi connectivity index (χ3n) is 5.13. The molecule has 0 saturated carbocycles. The molecule has 1 atom stereocenters. The van der Waals surface area contributed by atoms with Gasteiger partial charge in [-0.25, -0.2) is 4.98 Å². The van der Waals surface area contributed by atoms with E-state index in [4.69, 9.17) is 10.7 Å². The molecule has 0 radical (unpaired) electrons. The first kappa shape index (κ1) is 19.4. The van der Waals surface area contributed by atoms with Crippen LogP contribution in [0.25, 0.3) is 22.2 Å². The average Bonchev–Trinajstić information content (AvgIpc) is 2.77. The summed E-state index contributed by atoms with van der Waals surface area (Å²) in [4.78, 5) is 18.1. The summed E-state index contributed by atoms with van der Waals surface area (Å²) in [6.07, 6.45) is 3.76. The Morgan fingerprint density at radius 1 is 1.10 bits per heavy atom. The molecule has 4 aromatic rings. The topological polar surface area (TPSA) is 92.1 Å². The van der Waals surface area contributed by atoms with Crippen molar-refractivity contribution < 1.29 is 14.7 Å². The van der Waals surface area contributed by atoms with Crippen LogP contribution in [0.3, 0.4) is 0 Å². The van der Waals surface area contributed by atoms with Gasteiger partial charge in [-0.3, -0.25) is 10.0 Å². The molecule has 0 saturated heterocycles. The molecule has 0 fully saturated rings. The maximum absolute atomic E-state index is 13.4. The van der Waals surface area contributed by atoms with E-state index in [2.05, 4.69) is 5.32 Å². The van der Waals surface area contributed by atoms with Gasteiger partial charge >= 0.3 is 0 Å². The van der Waals surface area contributed by atoms with Crippen molar-refractivity contribution in [2.24, 2.45) is 0 Å². The lowest BCUT2D eigenvalue weighted by Crippen LogP contribution is -2.33. The van der Waals surface area contributed by atoms with Crippen molar-refractivity contribution in [1.82, 2.24) is 10.3 Å². The van der Waals surface area contributed by atoms with Crippen LogP contribution in [-0.4, -0.2) is 16.1 Å². The zero-order chi connectivity index (χ0) is 21.1. The molecule has 6 nitrogen and oxygen atoms in total. The van der Waals surface area contributed by atoms with Gasteiger partial charge in [-0.05, 0) is 18.6 Å². The second kappa shape index (κ2) is 8.21. The number of hydrogen-bond donors (Lipinski definition) is 3. The summed E-state index contributed by atoms with van der Waals surface area (Å²) in [5.74, 6) is -0.275. The van der Waals surface area contributed by atoms with E-state index in [1.807, 2.05) is 67.6 Å². The maximum atomic E-state index is 13.4. The Labute approximate surface area is 174 Å². The fourth-order valence-corrected chi connectivity index (χ4v) is 3.63. The Morgan fingerprint density at radius 3 is 2.57 bits per heavy atom. The summed E-state index contributed by atoms with van der Waals surface area (Å²) in [7, 11) is 0. The zero-order valence-electron chi connectivity index (χ0n) is 16.6. The van der Waals surface area contributed by atoms with Gasteiger partial charge in [0, 0.05) is 27.3 Å². The van der Waals surface area contributed by atoms with Crippen LogP contribution < -0.4 is 15.8 Å². The predicted octanol–water partition coefficient (Wildman–Crippen LogP) is 3.89. The number of pyridine rings is 2. The Bertz CT molecular complexity index is 1210. The van der Waals surface area contributed by atoms with Gasteiger partial charge in [0.25, 0.3) is 5.91 Å². The highest BCUT2D eigenvalue weighted by Crippen LogP contribution is 2.32. The van der Waals surface area contributed by atoms with Crippen LogP contribution in [0.5, 0.6) is 0 Å². The van der Waals surface area contributed by atoms with Crippen molar-refractivity contribution in [3.63, 3.8) is 0 Å². The number of fused-ring (bicyclic) bond motifs is 1. The van der Waals surface area contributed by atoms with Crippen molar-refractivity contribution in [3.05, 3.63) is 90.3 Å². The van der Waals surface area contributed by atoms with Crippen molar-refractivity contribution in [2.75, 3.05) is 5.73 Å². The highest BCUT2D eigenvalue weighted by Gasteiger charge is 2.23. The number of anilines is 1. The molecule has 2 aromatic heterocycles. The minimum atomic E-state index is -0.275. The van der Waals surface area contributed by atoms with Crippen LogP contribution in [0.2, 0.25) is 0 Å². The lowest BCUT2D eigenvalue weighted by molar-refractivity contribution is -0.905. The molecule has 2 aromatic carbocycles. The third kappa shape index (κ3) is 3.67. The summed E-state index contributed by atoms with van der Waals surface area (Å²) in [6, 6.07) is 20.4. The van der Waals surface area contributed by atoms with E-state index in [1.165, 1.54) is 6.20 Å². The number of nitrogen functional groups attached to an aromatic ring is 1. The lowest BCUT2D eigenvalue weighted by atomic mass is 9.99. The molecule has 150 valence electrons. The summed E-state index contributed by atoms with van der Waals surface area (Å²) in [5, 5.41) is 13.5. The Balaban J connectivity index is 1.81. The first-order chi connectivity index (χ1) is 14.6. The van der Waals surface area contributed by atoms with Crippen LogP contribution in [0, 0.1) is 0 Å². The molecule has 0 aliphatic carbocycles. The number of amides is 1. The van der Waals surface area contributed by atoms with Crippen LogP contribution in [0.4, 0.5) is 5.69 Å². The Hall–Kier alpha value is -3.93. The lowest BCUT2D eigenvalue weighted by Gasteiger charge is -2.19. The molecule has 4 rings (SSSR count). The first-order valence-corrected chi connectivity index (χ1v) is 9.83. The van der Waals surface area contributed by atoms with Crippen LogP contribution in [-0.2, 0) is 0 Å². The fourth-order valence-electron chi connectivity index (χ4n) is 3.63. The van der Waals surface area contributed by atoms with E-state index < -0.39 is 0 Å². The van der Waals surface area contributed by atoms with Crippen LogP contribution >= 0.6 is 0 Å². The number of carbonyl (C=O) groups excluding carboxylic acids is 1. The van der Waals surface area contributed by atoms with E-state index in [0.29, 0.717) is 34.3 Å². The summed E-state index contributed by atoms with van der Waals surface area (Å²) < 4.78 is 0.980. The molecule has 30 heavy (non-hydrogen) atoms. The molecule has 1 unspecified atom stereocenters. The number of aromatic nitrogens is 2. The van der Waals surface area contributed by atoms with Crippen molar-refractivity contribution in [3.8, 4) is 11.3 Å². The van der Waals surface area contributed by atoms with Crippen LogP contribution in [0.1, 0.15) is 35.3 Å². The average molecular weight is 399 g/mol. The molecule has 4 N–H and O–H groups in total. The zero-order valence-corrected chi connectivity index (χ0v) is 16.6. The van der Waals surface area contributed by atoms with Crippen molar-refractivity contribution >= 4 is 22.5 Å². The molecule has 1 amide bonds. The molecule has 6 heteroatoms. The maximum Gasteiger partial charge on any atom is 0.254 e. The highest BCUT2D eigenvalue weighted by molar-refractivity contribution is 6.12. The van der Waals surface area contributed by atoms with Gasteiger partial charge in [0.1, 0.15) is 0 Å². The second-order valence-electron chi connectivity index (χ2n) is 7.08. The number of nitrogens with two attached hydrogens (primary N) is 1. The number of benzene rings is 2. The number of rotatable bonds is 5. The minimum absolute atomic E-state index is 0.274. The SMILES string of the molecule is CCC(NC(=O)c1c(N)c(-c2ccccc2)nc2ccccc12)c1ccc[n+](O)c1. The van der Waals surface area contributed by atoms with Crippen molar-refractivity contribution in [2.45, 2.75) is 19.4 Å². The number of nitrogens with one attached hydrogen (secondary N) is 1. The number of carbonyl (C=O) groups is 1. The van der Waals surface area contributed by atoms with Gasteiger partial charge in [0.05, 0.1) is 28.5 Å². The van der Waals surface area contributed by atoms with E-state index >= 15 is 0 Å². The van der Waals surface area contributed by atoms with E-state index in [9.17, 15) is 10.0 Å². The van der Waals surface area contributed by atoms with Crippen molar-refractivity contribution in [1.29, 1.82) is 0 Å². The molecule has 0 aliphatic heterocycles. The normalized spacial score (nSPS) is 11.9. The summed E-state index contributed by atoms with van der Waals surface area (Å²) in [5.41, 5.74) is 10.2. The van der Waals surface area contributed by atoms with Gasteiger partial charge < -0.3 is 11.1 Å². The smallest absolute Gasteiger partial charge is 0.254 e. The van der Waals surface area contributed by atoms with E-state index in [0.717, 1.165) is 15.9 Å². The molecular formula is C24H23N4O2+. The second-order valence-corrected chi connectivity index (χ2v) is 7.08. The highest BCUT2D eigenvalue weighted by atomic mass is 16.5. The third-order valence-corrected chi connectivity index (χ3v) is 5.13.